The average molecular weight is 339 g/mol. The van der Waals surface area contributed by atoms with E-state index in [4.69, 9.17) is 4.74 Å². The van der Waals surface area contributed by atoms with Crippen molar-refractivity contribution in [2.75, 3.05) is 6.61 Å². The molecular weight excluding hydrogens is 324 g/mol. The summed E-state index contributed by atoms with van der Waals surface area (Å²) in [5.74, 6) is 1.18. The van der Waals surface area contributed by atoms with Gasteiger partial charge in [-0.1, -0.05) is 32.0 Å². The summed E-state index contributed by atoms with van der Waals surface area (Å²) in [6, 6.07) is 11.5. The molecule has 2 aromatic rings. The number of ketones is 1. The van der Waals surface area contributed by atoms with Gasteiger partial charge in [0.05, 0.1) is 8.66 Å². The Morgan fingerprint density at radius 1 is 1.26 bits per heavy atom. The van der Waals surface area contributed by atoms with E-state index in [9.17, 15) is 4.79 Å². The van der Waals surface area contributed by atoms with Crippen molar-refractivity contribution >= 4 is 33.0 Å². The predicted octanol–water partition coefficient (Wildman–Crippen LogP) is 4.90. The van der Waals surface area contributed by atoms with Crippen LogP contribution in [0.25, 0.3) is 0 Å². The maximum Gasteiger partial charge on any atom is 0.210 e. The molecule has 1 aromatic carbocycles. The minimum atomic E-state index is 0.00857. The van der Waals surface area contributed by atoms with Gasteiger partial charge in [0.15, 0.2) is 6.61 Å². The molecule has 2 nitrogen and oxygen atoms in total. The maximum atomic E-state index is 12.0. The number of Topliss-reactive ketones (excluding diaryl/α,β-unsaturated/α-hetero) is 1. The Labute approximate surface area is 125 Å². The number of rotatable bonds is 5. The first-order valence-corrected chi connectivity index (χ1v) is 7.69. The molecule has 0 fully saturated rings. The smallest absolute Gasteiger partial charge is 0.210 e. The highest BCUT2D eigenvalue weighted by atomic mass is 79.9. The highest BCUT2D eigenvalue weighted by Crippen LogP contribution is 2.27. The Morgan fingerprint density at radius 3 is 2.63 bits per heavy atom. The molecule has 0 amide bonds. The Hall–Kier alpha value is -1.13. The first-order valence-electron chi connectivity index (χ1n) is 6.08. The molecule has 0 bridgehead atoms. The number of carbonyl (C=O) groups is 1. The van der Waals surface area contributed by atoms with E-state index in [1.165, 1.54) is 11.3 Å². The third kappa shape index (κ3) is 3.67. The number of thiophene rings is 1. The molecule has 0 N–H and O–H groups in total. The minimum absolute atomic E-state index is 0.00857. The predicted molar refractivity (Wildman–Crippen MR) is 82.4 cm³/mol. The minimum Gasteiger partial charge on any atom is -0.485 e. The average Bonchev–Trinajstić information content (AvgIpc) is 2.83. The fraction of sp³-hybridized carbons (Fsp3) is 0.267. The second-order valence-corrected chi connectivity index (χ2v) is 6.97. The molecule has 0 spiro atoms. The van der Waals surface area contributed by atoms with Crippen LogP contribution in [0, 0.1) is 0 Å². The molecule has 4 heteroatoms. The highest BCUT2D eigenvalue weighted by molar-refractivity contribution is 9.11. The van der Waals surface area contributed by atoms with Crippen molar-refractivity contribution in [2.24, 2.45) is 0 Å². The lowest BCUT2D eigenvalue weighted by molar-refractivity contribution is 0.0924. The van der Waals surface area contributed by atoms with Crippen LogP contribution in [0.2, 0.25) is 0 Å². The molecule has 0 saturated carbocycles. The fourth-order valence-electron chi connectivity index (χ4n) is 1.77. The van der Waals surface area contributed by atoms with Gasteiger partial charge in [-0.3, -0.25) is 4.79 Å². The topological polar surface area (TPSA) is 26.3 Å². The molecule has 0 atom stereocenters. The molecular formula is C15H15BrO2S. The fourth-order valence-corrected chi connectivity index (χ4v) is 3.08. The van der Waals surface area contributed by atoms with Crippen molar-refractivity contribution in [3.63, 3.8) is 0 Å². The summed E-state index contributed by atoms with van der Waals surface area (Å²) in [6.45, 7) is 4.30. The lowest BCUT2D eigenvalue weighted by atomic mass is 10.0. The van der Waals surface area contributed by atoms with E-state index in [0.29, 0.717) is 10.8 Å². The number of hydrogen-bond donors (Lipinski definition) is 0. The second-order valence-electron chi connectivity index (χ2n) is 4.51. The van der Waals surface area contributed by atoms with Crippen LogP contribution >= 0.6 is 27.3 Å². The number of hydrogen-bond acceptors (Lipinski definition) is 3. The van der Waals surface area contributed by atoms with Crippen LogP contribution in [0.3, 0.4) is 0 Å². The van der Waals surface area contributed by atoms with E-state index >= 15 is 0 Å². The third-order valence-corrected chi connectivity index (χ3v) is 4.41. The zero-order valence-corrected chi connectivity index (χ0v) is 13.3. The van der Waals surface area contributed by atoms with Crippen molar-refractivity contribution in [1.82, 2.24) is 0 Å². The Bertz CT molecular complexity index is 575. The first-order chi connectivity index (χ1) is 9.08. The van der Waals surface area contributed by atoms with E-state index in [1.807, 2.05) is 36.4 Å². The normalized spacial score (nSPS) is 10.7. The van der Waals surface area contributed by atoms with Crippen molar-refractivity contribution in [3.8, 4) is 5.75 Å². The maximum absolute atomic E-state index is 12.0. The van der Waals surface area contributed by atoms with Gasteiger partial charge in [0.25, 0.3) is 0 Å². The summed E-state index contributed by atoms with van der Waals surface area (Å²) in [5.41, 5.74) is 1.13. The van der Waals surface area contributed by atoms with Gasteiger partial charge in [-0.25, -0.2) is 0 Å². The number of para-hydroxylation sites is 1. The molecule has 0 unspecified atom stereocenters. The summed E-state index contributed by atoms with van der Waals surface area (Å²) in [6.07, 6.45) is 0. The molecule has 1 aromatic heterocycles. The quantitative estimate of drug-likeness (QED) is 0.725. The third-order valence-electron chi connectivity index (χ3n) is 2.75. The molecule has 0 aliphatic heterocycles. The van der Waals surface area contributed by atoms with Crippen LogP contribution < -0.4 is 4.74 Å². The number of ether oxygens (including phenoxy) is 1. The SMILES string of the molecule is CC(C)c1ccccc1OCC(=O)c1ccc(Br)s1. The number of halogens is 1. The van der Waals surface area contributed by atoms with Gasteiger partial charge in [-0.2, -0.15) is 0 Å². The zero-order valence-electron chi connectivity index (χ0n) is 10.9. The lowest BCUT2D eigenvalue weighted by Gasteiger charge is -2.12. The van der Waals surface area contributed by atoms with Crippen LogP contribution in [0.1, 0.15) is 35.0 Å². The summed E-state index contributed by atoms with van der Waals surface area (Å²) < 4.78 is 6.62. The van der Waals surface area contributed by atoms with Crippen LogP contribution in [0.4, 0.5) is 0 Å². The molecule has 0 radical (unpaired) electrons. The van der Waals surface area contributed by atoms with Crippen molar-refractivity contribution in [1.29, 1.82) is 0 Å². The van der Waals surface area contributed by atoms with Crippen LogP contribution in [0.15, 0.2) is 40.2 Å². The second kappa shape index (κ2) is 6.35. The number of carbonyl (C=O) groups excluding carboxylic acids is 1. The van der Waals surface area contributed by atoms with Gasteiger partial charge < -0.3 is 4.74 Å². The van der Waals surface area contributed by atoms with Crippen LogP contribution in [-0.2, 0) is 0 Å². The molecule has 2 rings (SSSR count). The van der Waals surface area contributed by atoms with E-state index in [1.54, 1.807) is 0 Å². The Kier molecular flexibility index (Phi) is 4.77. The van der Waals surface area contributed by atoms with Gasteiger partial charge in [0.1, 0.15) is 5.75 Å². The summed E-state index contributed by atoms with van der Waals surface area (Å²) >= 11 is 4.78. The summed E-state index contributed by atoms with van der Waals surface area (Å²) in [5, 5.41) is 0. The van der Waals surface area contributed by atoms with E-state index in [-0.39, 0.29) is 12.4 Å². The van der Waals surface area contributed by atoms with Gasteiger partial charge in [-0.15, -0.1) is 11.3 Å². The molecule has 0 saturated heterocycles. The molecule has 0 aliphatic carbocycles. The first kappa shape index (κ1) is 14.3. The van der Waals surface area contributed by atoms with E-state index in [0.717, 1.165) is 15.1 Å². The van der Waals surface area contributed by atoms with E-state index in [2.05, 4.69) is 29.8 Å². The molecule has 1 heterocycles. The Balaban J connectivity index is 2.05. The van der Waals surface area contributed by atoms with Gasteiger partial charge in [-0.05, 0) is 45.6 Å². The van der Waals surface area contributed by atoms with Crippen molar-refractivity contribution in [2.45, 2.75) is 19.8 Å². The number of benzene rings is 1. The summed E-state index contributed by atoms with van der Waals surface area (Å²) in [7, 11) is 0. The largest absolute Gasteiger partial charge is 0.485 e. The summed E-state index contributed by atoms with van der Waals surface area (Å²) in [4.78, 5) is 12.7. The molecule has 100 valence electrons. The Morgan fingerprint density at radius 2 is 2.00 bits per heavy atom. The molecule has 0 aliphatic rings. The van der Waals surface area contributed by atoms with Gasteiger partial charge in [0, 0.05) is 0 Å². The van der Waals surface area contributed by atoms with Gasteiger partial charge in [0.2, 0.25) is 5.78 Å². The monoisotopic (exact) mass is 338 g/mol. The zero-order chi connectivity index (χ0) is 13.8. The lowest BCUT2D eigenvalue weighted by Crippen LogP contribution is -2.11. The molecule has 19 heavy (non-hydrogen) atoms. The van der Waals surface area contributed by atoms with E-state index < -0.39 is 0 Å². The van der Waals surface area contributed by atoms with Crippen LogP contribution in [-0.4, -0.2) is 12.4 Å². The standard InChI is InChI=1S/C15H15BrO2S/c1-10(2)11-5-3-4-6-13(11)18-9-12(17)14-7-8-15(16)19-14/h3-8,10H,9H2,1-2H3. The van der Waals surface area contributed by atoms with Crippen molar-refractivity contribution in [3.05, 3.63) is 50.6 Å². The van der Waals surface area contributed by atoms with Crippen LogP contribution in [0.5, 0.6) is 5.75 Å². The van der Waals surface area contributed by atoms with Gasteiger partial charge >= 0.3 is 0 Å². The van der Waals surface area contributed by atoms with Crippen molar-refractivity contribution < 1.29 is 9.53 Å². The highest BCUT2D eigenvalue weighted by Gasteiger charge is 2.12.